The molecular formula is C14H29NO3. The molecule has 0 radical (unpaired) electrons. The van der Waals surface area contributed by atoms with Crippen molar-refractivity contribution in [2.75, 3.05) is 39.5 Å². The molecule has 0 aromatic carbocycles. The molecule has 0 spiro atoms. The fourth-order valence-electron chi connectivity index (χ4n) is 1.34. The van der Waals surface area contributed by atoms with Gasteiger partial charge < -0.3 is 14.8 Å². The van der Waals surface area contributed by atoms with Crippen molar-refractivity contribution < 1.29 is 14.3 Å². The monoisotopic (exact) mass is 259 g/mol. The molecule has 0 saturated carbocycles. The average Bonchev–Trinajstić information content (AvgIpc) is 2.35. The van der Waals surface area contributed by atoms with E-state index in [2.05, 4.69) is 26.1 Å². The van der Waals surface area contributed by atoms with E-state index < -0.39 is 0 Å². The van der Waals surface area contributed by atoms with Crippen LogP contribution in [0.4, 0.5) is 0 Å². The number of Topliss-reactive ketones (excluding diaryl/α,β-unsaturated/α-hetero) is 1. The molecule has 108 valence electrons. The minimum Gasteiger partial charge on any atom is -0.378 e. The topological polar surface area (TPSA) is 47.6 Å². The zero-order valence-corrected chi connectivity index (χ0v) is 12.3. The number of ketones is 1. The Morgan fingerprint density at radius 1 is 1.06 bits per heavy atom. The molecule has 0 aliphatic rings. The van der Waals surface area contributed by atoms with Crippen molar-refractivity contribution in [3.63, 3.8) is 0 Å². The minimum absolute atomic E-state index is 0.0733. The van der Waals surface area contributed by atoms with E-state index in [0.717, 1.165) is 19.5 Å². The maximum Gasteiger partial charge on any atom is 0.161 e. The van der Waals surface area contributed by atoms with Gasteiger partial charge >= 0.3 is 0 Å². The number of rotatable bonds is 12. The van der Waals surface area contributed by atoms with Crippen molar-refractivity contribution in [3.05, 3.63) is 0 Å². The molecule has 0 aliphatic carbocycles. The third-order valence-electron chi connectivity index (χ3n) is 2.97. The number of carbonyl (C=O) groups excluding carboxylic acids is 1. The van der Waals surface area contributed by atoms with Crippen LogP contribution in [0.5, 0.6) is 0 Å². The second-order valence-electron chi connectivity index (χ2n) is 4.91. The van der Waals surface area contributed by atoms with Crippen molar-refractivity contribution in [2.45, 2.75) is 34.1 Å². The van der Waals surface area contributed by atoms with Gasteiger partial charge in [0.05, 0.1) is 19.8 Å². The van der Waals surface area contributed by atoms with Crippen LogP contribution >= 0.6 is 0 Å². The van der Waals surface area contributed by atoms with Gasteiger partial charge in [0.2, 0.25) is 0 Å². The Balaban J connectivity index is 3.27. The van der Waals surface area contributed by atoms with E-state index >= 15 is 0 Å². The molecule has 0 rings (SSSR count). The van der Waals surface area contributed by atoms with Crippen molar-refractivity contribution >= 4 is 5.78 Å². The molecule has 4 nitrogen and oxygen atoms in total. The second-order valence-corrected chi connectivity index (χ2v) is 4.91. The normalized spacial score (nSPS) is 12.9. The summed E-state index contributed by atoms with van der Waals surface area (Å²) in [4.78, 5) is 11.6. The molecule has 0 aromatic rings. The Morgan fingerprint density at radius 3 is 2.33 bits per heavy atom. The van der Waals surface area contributed by atoms with Gasteiger partial charge in [-0.15, -0.1) is 0 Å². The Labute approximate surface area is 111 Å². The Bertz CT molecular complexity index is 207. The lowest BCUT2D eigenvalue weighted by atomic mass is 9.94. The molecule has 0 aromatic heterocycles. The van der Waals surface area contributed by atoms with Gasteiger partial charge in [-0.1, -0.05) is 27.7 Å². The number of ether oxygens (including phenoxy) is 2. The van der Waals surface area contributed by atoms with E-state index in [4.69, 9.17) is 9.47 Å². The molecule has 0 bridgehead atoms. The van der Waals surface area contributed by atoms with E-state index in [-0.39, 0.29) is 18.3 Å². The third kappa shape index (κ3) is 9.57. The lowest BCUT2D eigenvalue weighted by Gasteiger charge is -2.14. The first-order chi connectivity index (χ1) is 8.59. The number of nitrogens with one attached hydrogen (secondary N) is 1. The maximum atomic E-state index is 11.6. The first kappa shape index (κ1) is 17.6. The SMILES string of the molecule is CCCNCCOCCOCC(=O)C(C)C(C)C. The maximum absolute atomic E-state index is 11.6. The van der Waals surface area contributed by atoms with Crippen LogP contribution < -0.4 is 5.32 Å². The van der Waals surface area contributed by atoms with E-state index in [1.807, 2.05) is 6.92 Å². The summed E-state index contributed by atoms with van der Waals surface area (Å²) in [5, 5.41) is 3.25. The van der Waals surface area contributed by atoms with Crippen molar-refractivity contribution in [1.29, 1.82) is 0 Å². The molecule has 1 unspecified atom stereocenters. The van der Waals surface area contributed by atoms with Gasteiger partial charge in [0.15, 0.2) is 5.78 Å². The summed E-state index contributed by atoms with van der Waals surface area (Å²) in [6.45, 7) is 12.0. The van der Waals surface area contributed by atoms with Gasteiger partial charge in [0.25, 0.3) is 0 Å². The number of hydrogen-bond donors (Lipinski definition) is 1. The molecule has 1 N–H and O–H groups in total. The van der Waals surface area contributed by atoms with E-state index in [1.165, 1.54) is 0 Å². The molecule has 0 saturated heterocycles. The predicted octanol–water partition coefficient (Wildman–Crippen LogP) is 1.88. The summed E-state index contributed by atoms with van der Waals surface area (Å²) in [5.41, 5.74) is 0. The highest BCUT2D eigenvalue weighted by Crippen LogP contribution is 2.10. The quantitative estimate of drug-likeness (QED) is 0.544. The zero-order chi connectivity index (χ0) is 13.8. The van der Waals surface area contributed by atoms with Crippen molar-refractivity contribution in [1.82, 2.24) is 5.32 Å². The van der Waals surface area contributed by atoms with Crippen LogP contribution in [0.3, 0.4) is 0 Å². The number of carbonyl (C=O) groups is 1. The lowest BCUT2D eigenvalue weighted by Crippen LogP contribution is -2.23. The largest absolute Gasteiger partial charge is 0.378 e. The summed E-state index contributed by atoms with van der Waals surface area (Å²) in [5.74, 6) is 0.626. The van der Waals surface area contributed by atoms with Gasteiger partial charge in [-0.05, 0) is 18.9 Å². The van der Waals surface area contributed by atoms with Gasteiger partial charge in [-0.2, -0.15) is 0 Å². The molecule has 4 heteroatoms. The number of hydrogen-bond acceptors (Lipinski definition) is 4. The lowest BCUT2D eigenvalue weighted by molar-refractivity contribution is -0.128. The highest BCUT2D eigenvalue weighted by atomic mass is 16.5. The Morgan fingerprint density at radius 2 is 1.72 bits per heavy atom. The van der Waals surface area contributed by atoms with E-state index in [1.54, 1.807) is 0 Å². The van der Waals surface area contributed by atoms with Crippen LogP contribution in [0.1, 0.15) is 34.1 Å². The Hall–Kier alpha value is -0.450. The van der Waals surface area contributed by atoms with Gasteiger partial charge in [-0.25, -0.2) is 0 Å². The van der Waals surface area contributed by atoms with Crippen LogP contribution in [0.15, 0.2) is 0 Å². The van der Waals surface area contributed by atoms with Gasteiger partial charge in [0.1, 0.15) is 6.61 Å². The van der Waals surface area contributed by atoms with Crippen LogP contribution in [0.2, 0.25) is 0 Å². The molecule has 18 heavy (non-hydrogen) atoms. The Kier molecular flexibility index (Phi) is 11.3. The molecule has 0 fully saturated rings. The first-order valence-electron chi connectivity index (χ1n) is 6.98. The molecular weight excluding hydrogens is 230 g/mol. The predicted molar refractivity (Wildman–Crippen MR) is 73.8 cm³/mol. The van der Waals surface area contributed by atoms with Crippen LogP contribution in [-0.2, 0) is 14.3 Å². The van der Waals surface area contributed by atoms with Crippen LogP contribution in [0.25, 0.3) is 0 Å². The van der Waals surface area contributed by atoms with E-state index in [0.29, 0.717) is 25.7 Å². The summed E-state index contributed by atoms with van der Waals surface area (Å²) >= 11 is 0. The highest BCUT2D eigenvalue weighted by molar-refractivity contribution is 5.82. The van der Waals surface area contributed by atoms with Crippen molar-refractivity contribution in [3.8, 4) is 0 Å². The molecule has 0 amide bonds. The zero-order valence-electron chi connectivity index (χ0n) is 12.3. The first-order valence-corrected chi connectivity index (χ1v) is 6.98. The highest BCUT2D eigenvalue weighted by Gasteiger charge is 2.16. The van der Waals surface area contributed by atoms with Gasteiger partial charge in [-0.3, -0.25) is 4.79 Å². The molecule has 0 aliphatic heterocycles. The van der Waals surface area contributed by atoms with Crippen molar-refractivity contribution in [2.24, 2.45) is 11.8 Å². The average molecular weight is 259 g/mol. The van der Waals surface area contributed by atoms with Crippen LogP contribution in [0, 0.1) is 11.8 Å². The standard InChI is InChI=1S/C14H29NO3/c1-5-6-15-7-8-17-9-10-18-11-14(16)13(4)12(2)3/h12-13,15H,5-11H2,1-4H3. The molecule has 1 atom stereocenters. The summed E-state index contributed by atoms with van der Waals surface area (Å²) in [6.07, 6.45) is 1.14. The fourth-order valence-corrected chi connectivity index (χ4v) is 1.34. The van der Waals surface area contributed by atoms with Crippen LogP contribution in [-0.4, -0.2) is 45.3 Å². The minimum atomic E-state index is 0.0733. The second kappa shape index (κ2) is 11.6. The summed E-state index contributed by atoms with van der Waals surface area (Å²) in [6, 6.07) is 0. The summed E-state index contributed by atoms with van der Waals surface area (Å²) < 4.78 is 10.7. The molecule has 0 heterocycles. The third-order valence-corrected chi connectivity index (χ3v) is 2.97. The van der Waals surface area contributed by atoms with E-state index in [9.17, 15) is 4.79 Å². The fraction of sp³-hybridized carbons (Fsp3) is 0.929. The smallest absolute Gasteiger partial charge is 0.161 e. The summed E-state index contributed by atoms with van der Waals surface area (Å²) in [7, 11) is 0. The van der Waals surface area contributed by atoms with Gasteiger partial charge in [0, 0.05) is 12.5 Å².